The Hall–Kier alpha value is -1.75. The highest BCUT2D eigenvalue weighted by Crippen LogP contribution is 2.35. The number of ether oxygens (including phenoxy) is 2. The first-order chi connectivity index (χ1) is 7.86. The molecule has 0 amide bonds. The molecule has 1 aliphatic rings. The fraction of sp³-hybridized carbons (Fsp3) is 0.200. The van der Waals surface area contributed by atoms with E-state index in [4.69, 9.17) is 25.6 Å². The summed E-state index contributed by atoms with van der Waals surface area (Å²) in [4.78, 5) is 4.12. The Bertz CT molecular complexity index is 527. The minimum Gasteiger partial charge on any atom is -0.454 e. The van der Waals surface area contributed by atoms with Crippen molar-refractivity contribution in [1.82, 2.24) is 10.1 Å². The third-order valence-electron chi connectivity index (χ3n) is 2.21. The SMILES string of the molecule is ClCc1noc(-c2ccc3c(c2)OCO3)n1. The van der Waals surface area contributed by atoms with Crippen molar-refractivity contribution in [2.24, 2.45) is 0 Å². The van der Waals surface area contributed by atoms with Crippen LogP contribution < -0.4 is 9.47 Å². The summed E-state index contributed by atoms with van der Waals surface area (Å²) in [6.07, 6.45) is 0. The molecular weight excluding hydrogens is 232 g/mol. The molecule has 2 aromatic rings. The Labute approximate surface area is 95.9 Å². The first-order valence-electron chi connectivity index (χ1n) is 4.65. The summed E-state index contributed by atoms with van der Waals surface area (Å²) in [7, 11) is 0. The van der Waals surface area contributed by atoms with Crippen LogP contribution in [-0.4, -0.2) is 16.9 Å². The van der Waals surface area contributed by atoms with Gasteiger partial charge < -0.3 is 14.0 Å². The molecule has 0 atom stereocenters. The molecule has 1 aromatic heterocycles. The van der Waals surface area contributed by atoms with Crippen molar-refractivity contribution in [3.8, 4) is 23.0 Å². The molecule has 0 bridgehead atoms. The second-order valence-electron chi connectivity index (χ2n) is 3.22. The van der Waals surface area contributed by atoms with Gasteiger partial charge in [-0.2, -0.15) is 4.98 Å². The summed E-state index contributed by atoms with van der Waals surface area (Å²) in [6.45, 7) is 0.246. The van der Waals surface area contributed by atoms with Gasteiger partial charge in [-0.15, -0.1) is 11.6 Å². The highest BCUT2D eigenvalue weighted by atomic mass is 35.5. The van der Waals surface area contributed by atoms with Gasteiger partial charge in [0.1, 0.15) is 0 Å². The molecule has 82 valence electrons. The van der Waals surface area contributed by atoms with E-state index in [9.17, 15) is 0 Å². The molecule has 1 aliphatic heterocycles. The van der Waals surface area contributed by atoms with E-state index >= 15 is 0 Å². The summed E-state index contributed by atoms with van der Waals surface area (Å²) in [5.74, 6) is 2.53. The maximum Gasteiger partial charge on any atom is 0.258 e. The standard InChI is InChI=1S/C10H7ClN2O3/c11-4-9-12-10(16-13-9)6-1-2-7-8(3-6)15-5-14-7/h1-3H,4-5H2. The molecule has 0 spiro atoms. The predicted octanol–water partition coefficient (Wildman–Crippen LogP) is 2.20. The van der Waals surface area contributed by atoms with Gasteiger partial charge in [0.25, 0.3) is 5.89 Å². The van der Waals surface area contributed by atoms with Crippen LogP contribution in [0.25, 0.3) is 11.5 Å². The quantitative estimate of drug-likeness (QED) is 0.751. The van der Waals surface area contributed by atoms with E-state index in [1.54, 1.807) is 6.07 Å². The van der Waals surface area contributed by atoms with Crippen LogP contribution >= 0.6 is 11.6 Å². The molecule has 0 saturated heterocycles. The molecule has 2 heterocycles. The predicted molar refractivity (Wildman–Crippen MR) is 55.4 cm³/mol. The minimum absolute atomic E-state index is 0.230. The van der Waals surface area contributed by atoms with E-state index in [2.05, 4.69) is 10.1 Å². The average Bonchev–Trinajstić information content (AvgIpc) is 2.96. The van der Waals surface area contributed by atoms with Crippen molar-refractivity contribution in [2.75, 3.05) is 6.79 Å². The maximum absolute atomic E-state index is 5.59. The van der Waals surface area contributed by atoms with Crippen molar-refractivity contribution in [3.63, 3.8) is 0 Å². The Balaban J connectivity index is 2.00. The molecule has 0 saturated carbocycles. The van der Waals surface area contributed by atoms with Gasteiger partial charge in [-0.1, -0.05) is 5.16 Å². The number of rotatable bonds is 2. The second-order valence-corrected chi connectivity index (χ2v) is 3.48. The van der Waals surface area contributed by atoms with E-state index in [-0.39, 0.29) is 12.7 Å². The van der Waals surface area contributed by atoms with Crippen LogP contribution in [0.5, 0.6) is 11.5 Å². The number of aromatic nitrogens is 2. The second kappa shape index (κ2) is 3.68. The summed E-state index contributed by atoms with van der Waals surface area (Å²) >= 11 is 5.59. The Morgan fingerprint density at radius 1 is 1.25 bits per heavy atom. The van der Waals surface area contributed by atoms with Gasteiger partial charge in [0, 0.05) is 5.56 Å². The van der Waals surface area contributed by atoms with E-state index in [1.807, 2.05) is 12.1 Å². The molecule has 0 radical (unpaired) electrons. The molecule has 16 heavy (non-hydrogen) atoms. The van der Waals surface area contributed by atoms with Crippen molar-refractivity contribution in [3.05, 3.63) is 24.0 Å². The highest BCUT2D eigenvalue weighted by Gasteiger charge is 2.16. The number of alkyl halides is 1. The van der Waals surface area contributed by atoms with E-state index in [0.29, 0.717) is 17.5 Å². The number of hydrogen-bond acceptors (Lipinski definition) is 5. The minimum atomic E-state index is 0.230. The maximum atomic E-state index is 5.59. The summed E-state index contributed by atoms with van der Waals surface area (Å²) in [5.41, 5.74) is 0.785. The molecule has 0 N–H and O–H groups in total. The molecule has 0 fully saturated rings. The molecule has 3 rings (SSSR count). The third-order valence-corrected chi connectivity index (χ3v) is 2.45. The molecule has 1 aromatic carbocycles. The smallest absolute Gasteiger partial charge is 0.258 e. The Morgan fingerprint density at radius 3 is 2.94 bits per heavy atom. The topological polar surface area (TPSA) is 57.4 Å². The van der Waals surface area contributed by atoms with Crippen molar-refractivity contribution >= 4 is 11.6 Å². The summed E-state index contributed by atoms with van der Waals surface area (Å²) in [6, 6.07) is 5.44. The molecular formula is C10H7ClN2O3. The van der Waals surface area contributed by atoms with Gasteiger partial charge >= 0.3 is 0 Å². The summed E-state index contributed by atoms with van der Waals surface area (Å²) in [5, 5.41) is 3.71. The van der Waals surface area contributed by atoms with Gasteiger partial charge in [0.2, 0.25) is 6.79 Å². The van der Waals surface area contributed by atoms with Gasteiger partial charge in [-0.05, 0) is 18.2 Å². The number of benzene rings is 1. The van der Waals surface area contributed by atoms with Crippen LogP contribution in [0.1, 0.15) is 5.82 Å². The average molecular weight is 239 g/mol. The lowest BCUT2D eigenvalue weighted by Gasteiger charge is -1.97. The van der Waals surface area contributed by atoms with Gasteiger partial charge in [-0.3, -0.25) is 0 Å². The van der Waals surface area contributed by atoms with Crippen LogP contribution in [0, 0.1) is 0 Å². The van der Waals surface area contributed by atoms with E-state index in [0.717, 1.165) is 11.3 Å². The monoisotopic (exact) mass is 238 g/mol. The zero-order valence-corrected chi connectivity index (χ0v) is 8.90. The largest absolute Gasteiger partial charge is 0.454 e. The fourth-order valence-corrected chi connectivity index (χ4v) is 1.56. The van der Waals surface area contributed by atoms with Crippen LogP contribution in [0.2, 0.25) is 0 Å². The third kappa shape index (κ3) is 1.49. The van der Waals surface area contributed by atoms with Gasteiger partial charge in [0.05, 0.1) is 5.88 Å². The zero-order chi connectivity index (χ0) is 11.0. The number of hydrogen-bond donors (Lipinski definition) is 0. The number of nitrogens with zero attached hydrogens (tertiary/aromatic N) is 2. The van der Waals surface area contributed by atoms with E-state index in [1.165, 1.54) is 0 Å². The van der Waals surface area contributed by atoms with Crippen LogP contribution in [0.15, 0.2) is 22.7 Å². The first-order valence-corrected chi connectivity index (χ1v) is 5.19. The lowest BCUT2D eigenvalue weighted by Crippen LogP contribution is -1.92. The lowest BCUT2D eigenvalue weighted by molar-refractivity contribution is 0.174. The van der Waals surface area contributed by atoms with Gasteiger partial charge in [0.15, 0.2) is 17.3 Å². The van der Waals surface area contributed by atoms with Crippen LogP contribution in [0.4, 0.5) is 0 Å². The van der Waals surface area contributed by atoms with Crippen molar-refractivity contribution < 1.29 is 14.0 Å². The van der Waals surface area contributed by atoms with E-state index < -0.39 is 0 Å². The van der Waals surface area contributed by atoms with Crippen LogP contribution in [0.3, 0.4) is 0 Å². The molecule has 6 heteroatoms. The van der Waals surface area contributed by atoms with Crippen LogP contribution in [-0.2, 0) is 5.88 Å². The first kappa shape index (κ1) is 9.47. The van der Waals surface area contributed by atoms with Gasteiger partial charge in [-0.25, -0.2) is 0 Å². The van der Waals surface area contributed by atoms with Crippen molar-refractivity contribution in [1.29, 1.82) is 0 Å². The number of fused-ring (bicyclic) bond motifs is 1. The lowest BCUT2D eigenvalue weighted by atomic mass is 10.2. The normalized spacial score (nSPS) is 13.1. The Morgan fingerprint density at radius 2 is 2.12 bits per heavy atom. The molecule has 0 aliphatic carbocycles. The highest BCUT2D eigenvalue weighted by molar-refractivity contribution is 6.16. The molecule has 0 unspecified atom stereocenters. The number of halogens is 1. The Kier molecular flexibility index (Phi) is 2.18. The summed E-state index contributed by atoms with van der Waals surface area (Å²) < 4.78 is 15.5. The zero-order valence-electron chi connectivity index (χ0n) is 8.14. The fourth-order valence-electron chi connectivity index (χ4n) is 1.46. The van der Waals surface area contributed by atoms with Crippen molar-refractivity contribution in [2.45, 2.75) is 5.88 Å². The molecule has 5 nitrogen and oxygen atoms in total.